The summed E-state index contributed by atoms with van der Waals surface area (Å²) in [6, 6.07) is -0.908. The van der Waals surface area contributed by atoms with Gasteiger partial charge in [-0.1, -0.05) is 260 Å². The molecule has 410 valence electrons. The molecule has 0 aromatic rings. The van der Waals surface area contributed by atoms with Crippen LogP contribution in [-0.4, -0.2) is 69.4 Å². The molecule has 71 heavy (non-hydrogen) atoms. The van der Waals surface area contributed by atoms with E-state index in [1.807, 2.05) is 94.1 Å². The Morgan fingerprint density at radius 1 is 0.507 bits per heavy atom. The van der Waals surface area contributed by atoms with E-state index in [0.29, 0.717) is 23.9 Å². The van der Waals surface area contributed by atoms with Crippen LogP contribution in [0.2, 0.25) is 0 Å². The summed E-state index contributed by atoms with van der Waals surface area (Å²) >= 11 is 0. The van der Waals surface area contributed by atoms with E-state index in [4.69, 9.17) is 13.8 Å². The van der Waals surface area contributed by atoms with Gasteiger partial charge >= 0.3 is 5.97 Å². The zero-order valence-corrected chi connectivity index (χ0v) is 47.5. The largest absolute Gasteiger partial charge is 0.756 e. The summed E-state index contributed by atoms with van der Waals surface area (Å²) in [4.78, 5) is 39.8. The molecule has 0 radical (unpaired) electrons. The normalized spacial score (nSPS) is 14.4. The van der Waals surface area contributed by atoms with Gasteiger partial charge in [-0.25, -0.2) is 0 Å². The Kier molecular flexibility index (Phi) is 48.7. The molecular formula is C61H109N2O7P. The lowest BCUT2D eigenvalue weighted by molar-refractivity contribution is -0.870. The molecule has 9 nitrogen and oxygen atoms in total. The molecule has 0 saturated heterocycles. The maximum atomic E-state index is 13.5. The van der Waals surface area contributed by atoms with Crippen LogP contribution in [0.4, 0.5) is 0 Å². The third-order valence-electron chi connectivity index (χ3n) is 12.5. The first-order valence-corrected chi connectivity index (χ1v) is 30.4. The van der Waals surface area contributed by atoms with Gasteiger partial charge in [-0.2, -0.15) is 0 Å². The first kappa shape index (κ1) is 68.2. The van der Waals surface area contributed by atoms with Crippen LogP contribution in [0, 0.1) is 0 Å². The molecule has 0 heterocycles. The molecule has 0 aliphatic rings. The minimum atomic E-state index is -4.71. The van der Waals surface area contributed by atoms with Crippen LogP contribution in [0.1, 0.15) is 239 Å². The lowest BCUT2D eigenvalue weighted by Gasteiger charge is -2.30. The van der Waals surface area contributed by atoms with Crippen molar-refractivity contribution >= 4 is 19.7 Å². The summed E-state index contributed by atoms with van der Waals surface area (Å²) in [7, 11) is 1.15. The van der Waals surface area contributed by atoms with Crippen molar-refractivity contribution in [1.29, 1.82) is 0 Å². The van der Waals surface area contributed by atoms with Crippen molar-refractivity contribution in [2.75, 3.05) is 40.9 Å². The predicted octanol–water partition coefficient (Wildman–Crippen LogP) is 16.8. The van der Waals surface area contributed by atoms with Gasteiger partial charge in [0.25, 0.3) is 7.82 Å². The number of unbranched alkanes of at least 4 members (excludes halogenated alkanes) is 28. The fourth-order valence-corrected chi connectivity index (χ4v) is 8.75. The molecule has 0 aromatic carbocycles. The van der Waals surface area contributed by atoms with Crippen LogP contribution >= 0.6 is 7.82 Å². The lowest BCUT2D eigenvalue weighted by Crippen LogP contribution is -2.47. The molecule has 0 saturated carbocycles. The third kappa shape index (κ3) is 51.9. The molecule has 0 bridgehead atoms. The zero-order chi connectivity index (χ0) is 52.2. The number of esters is 1. The van der Waals surface area contributed by atoms with Crippen molar-refractivity contribution in [3.8, 4) is 0 Å². The van der Waals surface area contributed by atoms with E-state index < -0.39 is 26.6 Å². The number of nitrogens with one attached hydrogen (secondary N) is 1. The fourth-order valence-electron chi connectivity index (χ4n) is 8.02. The summed E-state index contributed by atoms with van der Waals surface area (Å²) in [5.74, 6) is -0.592. The van der Waals surface area contributed by atoms with Crippen molar-refractivity contribution < 1.29 is 37.3 Å². The van der Waals surface area contributed by atoms with Crippen molar-refractivity contribution in [2.24, 2.45) is 0 Å². The van der Waals surface area contributed by atoms with Crippen LogP contribution in [0.5, 0.6) is 0 Å². The highest BCUT2D eigenvalue weighted by Crippen LogP contribution is 2.38. The Balaban J connectivity index is 5.38. The number of carbonyl (C=O) groups is 2. The number of ether oxygens (including phenoxy) is 1. The molecule has 0 aromatic heterocycles. The number of nitrogens with zero attached hydrogens (tertiary/aromatic N) is 1. The van der Waals surface area contributed by atoms with Gasteiger partial charge in [0.2, 0.25) is 5.91 Å². The quantitative estimate of drug-likeness (QED) is 0.0161. The number of hydrogen-bond acceptors (Lipinski definition) is 7. The van der Waals surface area contributed by atoms with Crippen LogP contribution < -0.4 is 10.2 Å². The predicted molar refractivity (Wildman–Crippen MR) is 302 cm³/mol. The van der Waals surface area contributed by atoms with Gasteiger partial charge in [-0.15, -0.1) is 0 Å². The van der Waals surface area contributed by atoms with Crippen molar-refractivity contribution in [1.82, 2.24) is 5.32 Å². The Morgan fingerprint density at radius 3 is 1.37 bits per heavy atom. The topological polar surface area (TPSA) is 114 Å². The minimum absolute atomic E-state index is 0.0324. The maximum Gasteiger partial charge on any atom is 0.306 e. The summed E-state index contributed by atoms with van der Waals surface area (Å²) in [5, 5.41) is 3.01. The van der Waals surface area contributed by atoms with Gasteiger partial charge in [-0.3, -0.25) is 14.2 Å². The smallest absolute Gasteiger partial charge is 0.306 e. The minimum Gasteiger partial charge on any atom is -0.756 e. The number of phosphoric ester groups is 1. The average Bonchev–Trinajstić information content (AvgIpc) is 3.33. The third-order valence-corrected chi connectivity index (χ3v) is 13.5. The van der Waals surface area contributed by atoms with Crippen molar-refractivity contribution in [2.45, 2.75) is 251 Å². The number of likely N-dealkylation sites (N-methyl/N-ethyl adjacent to an activating group) is 1. The average molecular weight is 1010 g/mol. The van der Waals surface area contributed by atoms with E-state index in [-0.39, 0.29) is 24.9 Å². The number of carbonyl (C=O) groups excluding carboxylic acids is 2. The van der Waals surface area contributed by atoms with Crippen molar-refractivity contribution in [3.05, 3.63) is 85.1 Å². The highest BCUT2D eigenvalue weighted by atomic mass is 31.2. The second kappa shape index (κ2) is 50.7. The molecular weight excluding hydrogens is 904 g/mol. The fraction of sp³-hybridized carbons (Fsp3) is 0.738. The molecule has 0 aliphatic carbocycles. The number of amides is 1. The van der Waals surface area contributed by atoms with Crippen LogP contribution in [-0.2, 0) is 27.9 Å². The van der Waals surface area contributed by atoms with Crippen LogP contribution in [0.3, 0.4) is 0 Å². The van der Waals surface area contributed by atoms with Gasteiger partial charge in [0.15, 0.2) is 0 Å². The van der Waals surface area contributed by atoms with E-state index in [9.17, 15) is 19.0 Å². The van der Waals surface area contributed by atoms with Gasteiger partial charge < -0.3 is 28.5 Å². The number of phosphoric acid groups is 1. The van der Waals surface area contributed by atoms with Crippen LogP contribution in [0.15, 0.2) is 85.1 Å². The highest BCUT2D eigenvalue weighted by molar-refractivity contribution is 7.45. The Bertz CT molecular complexity index is 1490. The van der Waals surface area contributed by atoms with Gasteiger partial charge in [0.1, 0.15) is 19.3 Å². The second-order valence-electron chi connectivity index (χ2n) is 20.6. The van der Waals surface area contributed by atoms with Crippen molar-refractivity contribution in [3.63, 3.8) is 0 Å². The molecule has 3 unspecified atom stereocenters. The number of hydrogen-bond donors (Lipinski definition) is 1. The molecule has 0 aliphatic heterocycles. The first-order valence-electron chi connectivity index (χ1n) is 29.0. The van der Waals surface area contributed by atoms with E-state index in [2.05, 4.69) is 38.2 Å². The molecule has 3 atom stereocenters. The molecule has 1 N–H and O–H groups in total. The van der Waals surface area contributed by atoms with E-state index >= 15 is 0 Å². The van der Waals surface area contributed by atoms with E-state index in [0.717, 1.165) is 64.2 Å². The Hall–Kier alpha value is -2.81. The molecule has 0 spiro atoms. The summed E-state index contributed by atoms with van der Waals surface area (Å²) in [6.07, 6.45) is 65.5. The zero-order valence-electron chi connectivity index (χ0n) is 46.7. The number of rotatable bonds is 51. The SMILES string of the molecule is CC\C=C/C=C/C=C/C=C\C=C\C=C\CCCCCC(=O)OC(/C=C/CCCCCCCCCCC)C(COP(=O)([O-])OCC[N+](C)(C)C)NC(=O)CCCCCCCCCCCCCCCCCCC. The number of quaternary nitrogens is 1. The summed E-state index contributed by atoms with van der Waals surface area (Å²) < 4.78 is 30.2. The maximum absolute atomic E-state index is 13.5. The van der Waals surface area contributed by atoms with Gasteiger partial charge in [-0.05, 0) is 51.0 Å². The Labute approximate surface area is 437 Å². The molecule has 0 fully saturated rings. The monoisotopic (exact) mass is 1010 g/mol. The standard InChI is InChI=1S/C61H109N2O7P/c1-7-10-13-16-19-22-25-27-29-31-33-35-38-41-44-47-50-53-60(64)62-58(57-69-71(66,67)68-56-55-63(4,5)6)59(52-49-46-43-40-37-24-21-18-15-12-9-3)70-61(65)54-51-48-45-42-39-36-34-32-30-28-26-23-20-17-14-11-8-2/h11,14,17,20,23,26,28,30,32,34,36,39,49,52,58-59H,7-10,12-13,15-16,18-19,21-22,24-25,27,29,31,33,35,37-38,40-48,50-51,53-57H2,1-6H3,(H-,62,64,66,67)/b14-11-,20-17+,26-23+,30-28-,34-32+,39-36+,52-49+. The van der Waals surface area contributed by atoms with Crippen LogP contribution in [0.25, 0.3) is 0 Å². The molecule has 10 heteroatoms. The van der Waals surface area contributed by atoms with Gasteiger partial charge in [0.05, 0.1) is 33.8 Å². The first-order chi connectivity index (χ1) is 34.4. The number of allylic oxidation sites excluding steroid dienone is 13. The van der Waals surface area contributed by atoms with Gasteiger partial charge in [0, 0.05) is 12.8 Å². The summed E-state index contributed by atoms with van der Waals surface area (Å²) in [6.45, 7) is 6.66. The molecule has 0 rings (SSSR count). The second-order valence-corrected chi connectivity index (χ2v) is 22.0. The van der Waals surface area contributed by atoms with E-state index in [1.165, 1.54) is 135 Å². The lowest BCUT2D eigenvalue weighted by atomic mass is 10.0. The highest BCUT2D eigenvalue weighted by Gasteiger charge is 2.27. The van der Waals surface area contributed by atoms with E-state index in [1.54, 1.807) is 0 Å². The molecule has 1 amide bonds. The Morgan fingerprint density at radius 2 is 0.901 bits per heavy atom. The summed E-state index contributed by atoms with van der Waals surface area (Å²) in [5.41, 5.74) is 0.